The first kappa shape index (κ1) is 12.2. The molecule has 19 heavy (non-hydrogen) atoms. The monoisotopic (exact) mass is 276 g/mol. The van der Waals surface area contributed by atoms with Gasteiger partial charge >= 0.3 is 0 Å². The van der Waals surface area contributed by atoms with E-state index in [1.807, 2.05) is 12.1 Å². The van der Waals surface area contributed by atoms with E-state index in [-0.39, 0.29) is 5.82 Å². The number of nitrogens with zero attached hydrogens (tertiary/aromatic N) is 1. The maximum atomic E-state index is 13.3. The number of thiophene rings is 1. The fourth-order valence-corrected chi connectivity index (χ4v) is 3.25. The van der Waals surface area contributed by atoms with Crippen molar-refractivity contribution < 1.29 is 9.18 Å². The Bertz CT molecular complexity index is 638. The molecule has 2 heterocycles. The van der Waals surface area contributed by atoms with E-state index in [0.717, 1.165) is 23.5 Å². The van der Waals surface area contributed by atoms with Gasteiger partial charge in [0.25, 0.3) is 0 Å². The quantitative estimate of drug-likeness (QED) is 0.936. The lowest BCUT2D eigenvalue weighted by Gasteiger charge is -2.18. The summed E-state index contributed by atoms with van der Waals surface area (Å²) in [7, 11) is 0. The normalized spacial score (nSPS) is 13.6. The van der Waals surface area contributed by atoms with Crippen LogP contribution in [0.25, 0.3) is 0 Å². The Balaban J connectivity index is 1.82. The average Bonchev–Trinajstić information content (AvgIpc) is 2.98. The van der Waals surface area contributed by atoms with E-state index in [2.05, 4.69) is 4.90 Å². The second-order valence-electron chi connectivity index (χ2n) is 4.61. The van der Waals surface area contributed by atoms with Crippen LogP contribution < -0.4 is 10.6 Å². The van der Waals surface area contributed by atoms with Gasteiger partial charge in [0, 0.05) is 22.5 Å². The Hall–Kier alpha value is -1.88. The second kappa shape index (κ2) is 4.66. The van der Waals surface area contributed by atoms with Gasteiger partial charge in [0.05, 0.1) is 12.1 Å². The lowest BCUT2D eigenvalue weighted by Crippen LogP contribution is -2.19. The molecule has 1 aromatic carbocycles. The van der Waals surface area contributed by atoms with Crippen LogP contribution >= 0.6 is 11.3 Å². The molecule has 0 saturated carbocycles. The Morgan fingerprint density at radius 3 is 3.00 bits per heavy atom. The summed E-state index contributed by atoms with van der Waals surface area (Å²) in [6, 6.07) is 6.72. The predicted octanol–water partition coefficient (Wildman–Crippen LogP) is 2.55. The SMILES string of the molecule is NC(=O)c1csc(CN2CCc3ccc(F)cc32)c1. The second-order valence-corrected chi connectivity index (χ2v) is 5.61. The molecular weight excluding hydrogens is 263 g/mol. The Labute approximate surface area is 114 Å². The smallest absolute Gasteiger partial charge is 0.249 e. The molecule has 1 aliphatic heterocycles. The molecule has 1 aliphatic rings. The van der Waals surface area contributed by atoms with E-state index in [1.165, 1.54) is 23.0 Å². The van der Waals surface area contributed by atoms with E-state index in [4.69, 9.17) is 5.73 Å². The van der Waals surface area contributed by atoms with Crippen molar-refractivity contribution in [1.29, 1.82) is 0 Å². The Morgan fingerprint density at radius 2 is 2.26 bits per heavy atom. The Kier molecular flexibility index (Phi) is 2.98. The lowest BCUT2D eigenvalue weighted by atomic mass is 10.2. The molecule has 3 rings (SSSR count). The molecule has 5 heteroatoms. The molecular formula is C14H13FN2OS. The minimum atomic E-state index is -0.407. The van der Waals surface area contributed by atoms with Crippen LogP contribution in [0, 0.1) is 5.82 Å². The highest BCUT2D eigenvalue weighted by molar-refractivity contribution is 7.10. The van der Waals surface area contributed by atoms with Crippen molar-refractivity contribution in [3.63, 3.8) is 0 Å². The minimum Gasteiger partial charge on any atom is -0.366 e. The molecule has 3 nitrogen and oxygen atoms in total. The van der Waals surface area contributed by atoms with E-state index in [9.17, 15) is 9.18 Å². The number of benzene rings is 1. The number of hydrogen-bond donors (Lipinski definition) is 1. The molecule has 0 saturated heterocycles. The van der Waals surface area contributed by atoms with Crippen LogP contribution in [-0.4, -0.2) is 12.5 Å². The summed E-state index contributed by atoms with van der Waals surface area (Å²) in [5.41, 5.74) is 7.90. The number of hydrogen-bond acceptors (Lipinski definition) is 3. The van der Waals surface area contributed by atoms with Gasteiger partial charge in [-0.15, -0.1) is 11.3 Å². The predicted molar refractivity (Wildman–Crippen MR) is 74.0 cm³/mol. The first-order valence-electron chi connectivity index (χ1n) is 6.04. The van der Waals surface area contributed by atoms with E-state index in [0.29, 0.717) is 12.1 Å². The number of halogens is 1. The third-order valence-corrected chi connectivity index (χ3v) is 4.25. The minimum absolute atomic E-state index is 0.213. The van der Waals surface area contributed by atoms with Gasteiger partial charge < -0.3 is 10.6 Å². The number of amides is 1. The number of carbonyl (C=O) groups is 1. The molecule has 2 N–H and O–H groups in total. The Morgan fingerprint density at radius 1 is 1.42 bits per heavy atom. The third kappa shape index (κ3) is 2.33. The molecule has 0 spiro atoms. The highest BCUT2D eigenvalue weighted by atomic mass is 32.1. The summed E-state index contributed by atoms with van der Waals surface area (Å²) in [4.78, 5) is 14.3. The number of nitrogens with two attached hydrogens (primary N) is 1. The van der Waals surface area contributed by atoms with Crippen molar-refractivity contribution in [1.82, 2.24) is 0 Å². The molecule has 2 aromatic rings. The van der Waals surface area contributed by atoms with Gasteiger partial charge in [0.1, 0.15) is 5.82 Å². The van der Waals surface area contributed by atoms with Gasteiger partial charge in [0.2, 0.25) is 5.91 Å². The lowest BCUT2D eigenvalue weighted by molar-refractivity contribution is 0.100. The fraction of sp³-hybridized carbons (Fsp3) is 0.214. The number of rotatable bonds is 3. The third-order valence-electron chi connectivity index (χ3n) is 3.32. The zero-order valence-electron chi connectivity index (χ0n) is 10.2. The molecule has 0 atom stereocenters. The molecule has 1 aromatic heterocycles. The van der Waals surface area contributed by atoms with Crippen LogP contribution in [0.4, 0.5) is 10.1 Å². The summed E-state index contributed by atoms with van der Waals surface area (Å²) in [6.07, 6.45) is 0.934. The van der Waals surface area contributed by atoms with Crippen LogP contribution in [0.2, 0.25) is 0 Å². The highest BCUT2D eigenvalue weighted by Crippen LogP contribution is 2.31. The van der Waals surface area contributed by atoms with Gasteiger partial charge in [0.15, 0.2) is 0 Å². The van der Waals surface area contributed by atoms with Crippen molar-refractivity contribution >= 4 is 22.9 Å². The van der Waals surface area contributed by atoms with Crippen LogP contribution in [0.3, 0.4) is 0 Å². The molecule has 0 unspecified atom stereocenters. The first-order chi connectivity index (χ1) is 9.13. The standard InChI is InChI=1S/C14H13FN2OS/c15-11-2-1-9-3-4-17(13(9)6-11)7-12-5-10(8-19-12)14(16)18/h1-2,5-6,8H,3-4,7H2,(H2,16,18). The summed E-state index contributed by atoms with van der Waals surface area (Å²) >= 11 is 1.51. The van der Waals surface area contributed by atoms with Crippen LogP contribution in [-0.2, 0) is 13.0 Å². The topological polar surface area (TPSA) is 46.3 Å². The number of anilines is 1. The van der Waals surface area contributed by atoms with E-state index in [1.54, 1.807) is 11.4 Å². The molecule has 98 valence electrons. The van der Waals surface area contributed by atoms with E-state index < -0.39 is 5.91 Å². The maximum Gasteiger partial charge on any atom is 0.249 e. The van der Waals surface area contributed by atoms with Crippen LogP contribution in [0.5, 0.6) is 0 Å². The largest absolute Gasteiger partial charge is 0.366 e. The molecule has 1 amide bonds. The number of fused-ring (bicyclic) bond motifs is 1. The summed E-state index contributed by atoms with van der Waals surface area (Å²) in [5.74, 6) is -0.620. The molecule has 0 fully saturated rings. The number of primary amides is 1. The fourth-order valence-electron chi connectivity index (χ4n) is 2.36. The number of carbonyl (C=O) groups excluding carboxylic acids is 1. The van der Waals surface area contributed by atoms with Crippen LogP contribution in [0.15, 0.2) is 29.6 Å². The van der Waals surface area contributed by atoms with Crippen molar-refractivity contribution in [2.45, 2.75) is 13.0 Å². The maximum absolute atomic E-state index is 13.3. The molecule has 0 bridgehead atoms. The van der Waals surface area contributed by atoms with Gasteiger partial charge in [-0.2, -0.15) is 0 Å². The van der Waals surface area contributed by atoms with Crippen molar-refractivity contribution in [3.05, 3.63) is 51.5 Å². The van der Waals surface area contributed by atoms with E-state index >= 15 is 0 Å². The first-order valence-corrected chi connectivity index (χ1v) is 6.92. The molecule has 0 aliphatic carbocycles. The van der Waals surface area contributed by atoms with Gasteiger partial charge in [-0.25, -0.2) is 4.39 Å². The van der Waals surface area contributed by atoms with Crippen molar-refractivity contribution in [2.24, 2.45) is 5.73 Å². The summed E-state index contributed by atoms with van der Waals surface area (Å²) < 4.78 is 13.3. The van der Waals surface area contributed by atoms with Crippen molar-refractivity contribution in [3.8, 4) is 0 Å². The van der Waals surface area contributed by atoms with Crippen LogP contribution in [0.1, 0.15) is 20.8 Å². The van der Waals surface area contributed by atoms with Gasteiger partial charge in [-0.1, -0.05) is 6.07 Å². The zero-order chi connectivity index (χ0) is 13.4. The van der Waals surface area contributed by atoms with Gasteiger partial charge in [-0.05, 0) is 30.2 Å². The van der Waals surface area contributed by atoms with Gasteiger partial charge in [-0.3, -0.25) is 4.79 Å². The average molecular weight is 276 g/mol. The highest BCUT2D eigenvalue weighted by Gasteiger charge is 2.20. The van der Waals surface area contributed by atoms with Crippen molar-refractivity contribution in [2.75, 3.05) is 11.4 Å². The summed E-state index contributed by atoms with van der Waals surface area (Å²) in [6.45, 7) is 1.57. The molecule has 0 radical (unpaired) electrons. The zero-order valence-corrected chi connectivity index (χ0v) is 11.0. The summed E-state index contributed by atoms with van der Waals surface area (Å²) in [5, 5.41) is 1.76.